The van der Waals surface area contributed by atoms with Crippen LogP contribution in [0.25, 0.3) is 11.1 Å². The molecule has 2 atom stereocenters. The zero-order valence-corrected chi connectivity index (χ0v) is 26.8. The van der Waals surface area contributed by atoms with E-state index < -0.39 is 6.29 Å². The highest BCUT2D eigenvalue weighted by Crippen LogP contribution is 2.40. The fourth-order valence-electron chi connectivity index (χ4n) is 7.16. The van der Waals surface area contributed by atoms with Crippen LogP contribution in [0.4, 0.5) is 0 Å². The number of amides is 1. The van der Waals surface area contributed by atoms with Crippen molar-refractivity contribution in [1.82, 2.24) is 9.80 Å². The summed E-state index contributed by atoms with van der Waals surface area (Å²) < 4.78 is 23.7. The van der Waals surface area contributed by atoms with Gasteiger partial charge in [-0.15, -0.1) is 0 Å². The number of aryl methyl sites for hydroxylation is 1. The van der Waals surface area contributed by atoms with E-state index in [0.717, 1.165) is 49.5 Å². The number of rotatable bonds is 8. The Hall–Kier alpha value is -4.59. The number of allylic oxidation sites excluding steroid dienone is 1. The van der Waals surface area contributed by atoms with Gasteiger partial charge in [0.15, 0.2) is 17.3 Å². The minimum absolute atomic E-state index is 0.0106. The van der Waals surface area contributed by atoms with Gasteiger partial charge in [-0.25, -0.2) is 0 Å². The summed E-state index contributed by atoms with van der Waals surface area (Å²) in [6.07, 6.45) is 4.10. The van der Waals surface area contributed by atoms with Crippen LogP contribution in [-0.2, 0) is 40.3 Å². The van der Waals surface area contributed by atoms with Crippen molar-refractivity contribution in [3.05, 3.63) is 130 Å². The molecule has 240 valence electrons. The smallest absolute Gasteiger partial charge is 0.288 e. The second kappa shape index (κ2) is 12.9. The van der Waals surface area contributed by atoms with Crippen LogP contribution >= 0.6 is 0 Å². The predicted octanol–water partition coefficient (Wildman–Crippen LogP) is 6.82. The molecule has 0 radical (unpaired) electrons. The quantitative estimate of drug-likeness (QED) is 0.188. The monoisotopic (exact) mass is 628 g/mol. The Morgan fingerprint density at radius 2 is 1.57 bits per heavy atom. The van der Waals surface area contributed by atoms with Crippen LogP contribution < -0.4 is 9.47 Å². The number of hydrogen-bond donors (Lipinski definition) is 0. The van der Waals surface area contributed by atoms with Gasteiger partial charge in [0, 0.05) is 45.1 Å². The summed E-state index contributed by atoms with van der Waals surface area (Å²) >= 11 is 0. The van der Waals surface area contributed by atoms with Crippen molar-refractivity contribution in [1.29, 1.82) is 0 Å². The molecule has 3 heterocycles. The van der Waals surface area contributed by atoms with E-state index in [1.165, 1.54) is 38.9 Å². The maximum absolute atomic E-state index is 14.0. The third-order valence-electron chi connectivity index (χ3n) is 9.88. The van der Waals surface area contributed by atoms with E-state index in [1.54, 1.807) is 0 Å². The number of piperazine rings is 1. The molecular formula is C40H40N2O5. The summed E-state index contributed by atoms with van der Waals surface area (Å²) in [6, 6.07) is 30.0. The summed E-state index contributed by atoms with van der Waals surface area (Å²) in [4.78, 5) is 18.3. The third-order valence-corrected chi connectivity index (χ3v) is 9.88. The Kier molecular flexibility index (Phi) is 8.17. The fraction of sp³-hybridized carbons (Fsp3) is 0.325. The van der Waals surface area contributed by atoms with Crippen molar-refractivity contribution >= 4 is 5.91 Å². The summed E-state index contributed by atoms with van der Waals surface area (Å²) in [7, 11) is 0. The number of ether oxygens (including phenoxy) is 4. The highest BCUT2D eigenvalue weighted by atomic mass is 16.7. The molecule has 1 saturated heterocycles. The first-order chi connectivity index (χ1) is 23.1. The van der Waals surface area contributed by atoms with Crippen LogP contribution in [0.2, 0.25) is 0 Å². The molecule has 0 N–H and O–H groups in total. The van der Waals surface area contributed by atoms with Crippen molar-refractivity contribution in [2.75, 3.05) is 33.0 Å². The lowest BCUT2D eigenvalue weighted by atomic mass is 9.90. The average molecular weight is 629 g/mol. The SMILES string of the molecule is CCc1ccc(CO[C@H]2C[C@@H](c3ccc4c(c3)Cc3ccccc3-4)C=C(C(=O)N3CCN(Cc4ccc5c(c4)OCO5)CC3)O2)cc1. The first kappa shape index (κ1) is 29.8. The van der Waals surface area contributed by atoms with Crippen LogP contribution in [0.1, 0.15) is 52.6 Å². The molecule has 8 rings (SSSR count). The Morgan fingerprint density at radius 1 is 0.809 bits per heavy atom. The predicted molar refractivity (Wildman–Crippen MR) is 180 cm³/mol. The molecule has 4 aliphatic rings. The minimum atomic E-state index is -0.521. The summed E-state index contributed by atoms with van der Waals surface area (Å²) in [5, 5.41) is 0. The van der Waals surface area contributed by atoms with E-state index in [2.05, 4.69) is 90.7 Å². The molecule has 4 aromatic carbocycles. The number of carbonyl (C=O) groups excluding carboxylic acids is 1. The van der Waals surface area contributed by atoms with Crippen molar-refractivity contribution in [2.24, 2.45) is 0 Å². The normalized spacial score (nSPS) is 19.9. The molecule has 0 spiro atoms. The van der Waals surface area contributed by atoms with Crippen LogP contribution in [0.15, 0.2) is 96.8 Å². The number of benzene rings is 4. The number of hydrogen-bond acceptors (Lipinski definition) is 6. The van der Waals surface area contributed by atoms with Gasteiger partial charge < -0.3 is 23.8 Å². The van der Waals surface area contributed by atoms with Crippen molar-refractivity contribution in [2.45, 2.75) is 51.5 Å². The van der Waals surface area contributed by atoms with Gasteiger partial charge in [0.05, 0.1) is 6.61 Å². The van der Waals surface area contributed by atoms with Gasteiger partial charge >= 0.3 is 0 Å². The lowest BCUT2D eigenvalue weighted by Gasteiger charge is -2.36. The van der Waals surface area contributed by atoms with E-state index in [1.807, 2.05) is 17.0 Å². The van der Waals surface area contributed by atoms with Crippen LogP contribution in [-0.4, -0.2) is 55.0 Å². The maximum atomic E-state index is 14.0. The Morgan fingerprint density at radius 3 is 2.43 bits per heavy atom. The number of fused-ring (bicyclic) bond motifs is 4. The fourth-order valence-corrected chi connectivity index (χ4v) is 7.16. The van der Waals surface area contributed by atoms with E-state index in [0.29, 0.717) is 31.9 Å². The van der Waals surface area contributed by atoms with Crippen molar-refractivity contribution in [3.63, 3.8) is 0 Å². The van der Waals surface area contributed by atoms with Crippen LogP contribution in [0, 0.1) is 0 Å². The molecule has 0 saturated carbocycles. The maximum Gasteiger partial charge on any atom is 0.288 e. The molecule has 4 aromatic rings. The standard InChI is InChI=1S/C40H40N2O5/c1-2-27-7-9-28(10-8-27)25-44-39-23-32(30-12-13-35-33(20-30)21-31-5-3-4-6-34(31)35)22-38(47-39)40(43)42-17-15-41(16-18-42)24-29-11-14-36-37(19-29)46-26-45-36/h3-14,19-20,22,32,39H,2,15-18,21,23-26H2,1H3/t32-,39+/m0/s1. The molecule has 0 bridgehead atoms. The van der Waals surface area contributed by atoms with E-state index in [-0.39, 0.29) is 18.6 Å². The summed E-state index contributed by atoms with van der Waals surface area (Å²) in [6.45, 7) is 6.52. The summed E-state index contributed by atoms with van der Waals surface area (Å²) in [5.74, 6) is 1.93. The van der Waals surface area contributed by atoms with Gasteiger partial charge in [-0.2, -0.15) is 0 Å². The topological polar surface area (TPSA) is 60.5 Å². The largest absolute Gasteiger partial charge is 0.459 e. The Bertz CT molecular complexity index is 1810. The highest BCUT2D eigenvalue weighted by Gasteiger charge is 2.33. The molecule has 1 fully saturated rings. The van der Waals surface area contributed by atoms with Crippen LogP contribution in [0.3, 0.4) is 0 Å². The third kappa shape index (κ3) is 6.25. The number of nitrogens with zero attached hydrogens (tertiary/aromatic N) is 2. The average Bonchev–Trinajstić information content (AvgIpc) is 3.75. The molecule has 0 unspecified atom stereocenters. The lowest BCUT2D eigenvalue weighted by molar-refractivity contribution is -0.157. The first-order valence-electron chi connectivity index (χ1n) is 16.8. The Balaban J connectivity index is 0.975. The van der Waals surface area contributed by atoms with Crippen LogP contribution in [0.5, 0.6) is 11.5 Å². The lowest BCUT2D eigenvalue weighted by Crippen LogP contribution is -2.49. The molecule has 1 aliphatic carbocycles. The van der Waals surface area contributed by atoms with Gasteiger partial charge in [-0.3, -0.25) is 9.69 Å². The summed E-state index contributed by atoms with van der Waals surface area (Å²) in [5.41, 5.74) is 10.1. The zero-order valence-electron chi connectivity index (χ0n) is 26.8. The second-order valence-electron chi connectivity index (χ2n) is 12.9. The second-order valence-corrected chi connectivity index (χ2v) is 12.9. The van der Waals surface area contributed by atoms with Gasteiger partial charge in [-0.05, 0) is 75.6 Å². The van der Waals surface area contributed by atoms with Crippen molar-refractivity contribution < 1.29 is 23.7 Å². The van der Waals surface area contributed by atoms with Gasteiger partial charge in [0.25, 0.3) is 5.91 Å². The molecule has 47 heavy (non-hydrogen) atoms. The molecule has 0 aromatic heterocycles. The van der Waals surface area contributed by atoms with Gasteiger partial charge in [0.1, 0.15) is 0 Å². The molecule has 7 heteroatoms. The Labute approximate surface area is 276 Å². The molecule has 7 nitrogen and oxygen atoms in total. The van der Waals surface area contributed by atoms with E-state index in [9.17, 15) is 4.79 Å². The molecule has 3 aliphatic heterocycles. The molecular weight excluding hydrogens is 588 g/mol. The van der Waals surface area contributed by atoms with Crippen molar-refractivity contribution in [3.8, 4) is 22.6 Å². The minimum Gasteiger partial charge on any atom is -0.459 e. The number of carbonyl (C=O) groups is 1. The first-order valence-corrected chi connectivity index (χ1v) is 16.8. The van der Waals surface area contributed by atoms with E-state index in [4.69, 9.17) is 18.9 Å². The van der Waals surface area contributed by atoms with Gasteiger partial charge in [-0.1, -0.05) is 79.7 Å². The highest BCUT2D eigenvalue weighted by molar-refractivity contribution is 5.92. The molecule has 1 amide bonds. The zero-order chi connectivity index (χ0) is 31.7. The van der Waals surface area contributed by atoms with Gasteiger partial charge in [0.2, 0.25) is 13.1 Å². The van der Waals surface area contributed by atoms with E-state index >= 15 is 0 Å².